The van der Waals surface area contributed by atoms with E-state index in [1.807, 2.05) is 98.8 Å². The van der Waals surface area contributed by atoms with Crippen molar-refractivity contribution in [3.05, 3.63) is 270 Å². The molecule has 0 aliphatic carbocycles. The van der Waals surface area contributed by atoms with E-state index < -0.39 is 47.5 Å². The molecule has 4 unspecified atom stereocenters. The third-order valence-electron chi connectivity index (χ3n) is 20.9. The molecule has 4 aliphatic heterocycles. The van der Waals surface area contributed by atoms with Crippen LogP contribution >= 0.6 is 0 Å². The van der Waals surface area contributed by atoms with Crippen LogP contribution < -0.4 is 34.1 Å². The van der Waals surface area contributed by atoms with Gasteiger partial charge in [-0.3, -0.25) is 38.6 Å². The number of aryl methyl sites for hydroxylation is 1. The second-order valence-corrected chi connectivity index (χ2v) is 28.0. The van der Waals surface area contributed by atoms with Crippen LogP contribution in [0.4, 0.5) is 17.1 Å². The van der Waals surface area contributed by atoms with Crippen LogP contribution in [0.1, 0.15) is 91.6 Å². The van der Waals surface area contributed by atoms with E-state index in [2.05, 4.69) is 5.32 Å². The SMILES string of the molecule is CCOCCC(C(=O)N(CCc1ccco1)c1ccc(CCC2CO2)cc1)N1C(=O)c2cc(Oc3ccccc3)c3c4c(Oc5ccccc5)cc5c6c(cc(Oc7ccccc7)c(c7c(Oc8ccccc8)cc(c2c37)C1=O)c64)C(=O)N(C(CCOCC)C(=O)N(CCc1ccco1)c1ccc(NCC2CO2)cc1)C5=O. The number of furan rings is 2. The molecule has 13 aromatic rings. The number of hydrogen-bond acceptors (Lipinski definition) is 17. The number of carbonyl (C=O) groups is 6. The van der Waals surface area contributed by atoms with Crippen LogP contribution in [0.25, 0.3) is 43.1 Å². The van der Waals surface area contributed by atoms with Gasteiger partial charge in [0.15, 0.2) is 0 Å². The highest BCUT2D eigenvalue weighted by Crippen LogP contribution is 2.58. The number of carbonyl (C=O) groups excluding carboxylic acids is 6. The topological polar surface area (TPSA) is 234 Å². The molecule has 6 amide bonds. The molecular weight excluding hydrogens is 1420 g/mol. The quantitative estimate of drug-likeness (QED) is 0.0130. The molecule has 564 valence electrons. The summed E-state index contributed by atoms with van der Waals surface area (Å²) in [5.74, 6) is -1.45. The zero-order chi connectivity index (χ0) is 76.3. The average Bonchev–Trinajstić information content (AvgIpc) is 0.897. The first-order chi connectivity index (χ1) is 55.0. The predicted molar refractivity (Wildman–Crippen MR) is 423 cm³/mol. The van der Waals surface area contributed by atoms with Gasteiger partial charge < -0.3 is 61.8 Å². The summed E-state index contributed by atoms with van der Waals surface area (Å²) in [5.41, 5.74) is 2.87. The number of nitrogens with one attached hydrogen (secondary N) is 1. The number of rotatable bonds is 34. The van der Waals surface area contributed by atoms with Gasteiger partial charge in [0.05, 0.1) is 60.2 Å². The summed E-state index contributed by atoms with van der Waals surface area (Å²) >= 11 is 0. The first kappa shape index (κ1) is 72.2. The number of imide groups is 2. The molecule has 1 N–H and O–H groups in total. The van der Waals surface area contributed by atoms with Gasteiger partial charge in [-0.15, -0.1) is 0 Å². The molecule has 0 saturated carbocycles. The van der Waals surface area contributed by atoms with Gasteiger partial charge >= 0.3 is 0 Å². The Morgan fingerprint density at radius 2 is 0.786 bits per heavy atom. The maximum Gasteiger partial charge on any atom is 0.262 e. The Bertz CT molecular complexity index is 5070. The molecule has 0 bridgehead atoms. The summed E-state index contributed by atoms with van der Waals surface area (Å²) in [6.07, 6.45) is 5.45. The standard InChI is InChI=1S/C91H79N5O16/c1-3-103-47-41-72(90(101)93(43-39-60-27-17-45-105-60)58-34-29-56(30-35-58)31-38-66-54-107-66)95-86(97)68-49-74(109-62-19-9-5-10-20-62)80-82-76(111-64-23-13-7-14-24-64)51-70-79-71(52-77(112-65-25-15-8-16-26-65)83(85(79)82)81-75(110-63-21-11-6-12-22-63)50-69(87(95)98)78(68)84(80)81)89(100)96(88(70)99)73(42-48-104-4-2)91(102)94(44-40-61-28-18-46-106-61)59-36-32-57(33-37-59)92-53-67-55-108-67/h5-30,32-37,45-46,49-52,66-67,72-73,92H,3-4,31,38-44,47-48,53-55H2,1-2H3. The summed E-state index contributed by atoms with van der Waals surface area (Å²) in [4.78, 5) is 105. The van der Waals surface area contributed by atoms with Crippen molar-refractivity contribution in [2.24, 2.45) is 0 Å². The van der Waals surface area contributed by atoms with Gasteiger partial charge in [-0.1, -0.05) is 84.9 Å². The lowest BCUT2D eigenvalue weighted by Gasteiger charge is -2.37. The van der Waals surface area contributed by atoms with Crippen molar-refractivity contribution in [1.29, 1.82) is 0 Å². The molecule has 21 heteroatoms. The number of epoxide rings is 2. The summed E-state index contributed by atoms with van der Waals surface area (Å²) in [6.45, 7) is 6.39. The third-order valence-corrected chi connectivity index (χ3v) is 20.9. The third kappa shape index (κ3) is 14.5. The van der Waals surface area contributed by atoms with Crippen LogP contribution in [0, 0.1) is 0 Å². The lowest BCUT2D eigenvalue weighted by molar-refractivity contribution is -0.123. The molecule has 17 rings (SSSR count). The molecule has 21 nitrogen and oxygen atoms in total. The fourth-order valence-electron chi connectivity index (χ4n) is 15.3. The van der Waals surface area contributed by atoms with Gasteiger partial charge in [-0.25, -0.2) is 0 Å². The molecule has 112 heavy (non-hydrogen) atoms. The lowest BCUT2D eigenvalue weighted by atomic mass is 9.80. The van der Waals surface area contributed by atoms with E-state index in [0.29, 0.717) is 65.5 Å². The summed E-state index contributed by atoms with van der Waals surface area (Å²) in [5, 5.41) is 5.41. The lowest BCUT2D eigenvalue weighted by Crippen LogP contribution is -2.55. The minimum atomic E-state index is -1.48. The molecule has 2 aromatic heterocycles. The zero-order valence-corrected chi connectivity index (χ0v) is 61.7. The van der Waals surface area contributed by atoms with Crippen molar-refractivity contribution in [2.75, 3.05) is 74.4 Å². The molecule has 2 fully saturated rings. The molecule has 4 atom stereocenters. The number of hydrogen-bond donors (Lipinski definition) is 1. The van der Waals surface area contributed by atoms with Crippen LogP contribution in [0.15, 0.2) is 240 Å². The largest absolute Gasteiger partial charge is 0.469 e. The molecule has 2 saturated heterocycles. The molecular formula is C91H79N5O16. The molecule has 0 radical (unpaired) electrons. The number of amides is 6. The second-order valence-electron chi connectivity index (χ2n) is 28.0. The van der Waals surface area contributed by atoms with Crippen molar-refractivity contribution in [3.63, 3.8) is 0 Å². The molecule has 6 heterocycles. The Hall–Kier alpha value is -12.7. The number of fused-ring (bicyclic) bond motifs is 2. The molecule has 0 spiro atoms. The van der Waals surface area contributed by atoms with Crippen LogP contribution in [-0.4, -0.2) is 129 Å². The van der Waals surface area contributed by atoms with Crippen molar-refractivity contribution in [3.8, 4) is 46.0 Å². The Morgan fingerprint density at radius 3 is 1.12 bits per heavy atom. The smallest absolute Gasteiger partial charge is 0.262 e. The summed E-state index contributed by atoms with van der Waals surface area (Å²) in [6, 6.07) is 61.7. The van der Waals surface area contributed by atoms with E-state index >= 15 is 28.8 Å². The van der Waals surface area contributed by atoms with E-state index in [1.165, 1.54) is 0 Å². The van der Waals surface area contributed by atoms with Crippen LogP contribution in [0.5, 0.6) is 46.0 Å². The van der Waals surface area contributed by atoms with Gasteiger partial charge in [0.1, 0.15) is 69.6 Å². The van der Waals surface area contributed by atoms with Crippen molar-refractivity contribution >= 4 is 95.6 Å². The van der Waals surface area contributed by atoms with Gasteiger partial charge in [0, 0.05) is 132 Å². The fraction of sp³-hybridized carbons (Fsp3) is 0.231. The highest BCUT2D eigenvalue weighted by Gasteiger charge is 2.48. The summed E-state index contributed by atoms with van der Waals surface area (Å²) < 4.78 is 63.6. The second kappa shape index (κ2) is 31.7. The number of anilines is 3. The van der Waals surface area contributed by atoms with Crippen LogP contribution in [0.3, 0.4) is 0 Å². The minimum absolute atomic E-state index is 0.00418. The average molecular weight is 1500 g/mol. The molecule has 4 aliphatic rings. The van der Waals surface area contributed by atoms with Crippen LogP contribution in [-0.2, 0) is 47.8 Å². The Kier molecular flexibility index (Phi) is 20.5. The maximum atomic E-state index is 16.7. The maximum absolute atomic E-state index is 16.7. The van der Waals surface area contributed by atoms with Gasteiger partial charge in [-0.05, 0) is 166 Å². The zero-order valence-electron chi connectivity index (χ0n) is 61.7. The first-order valence-electron chi connectivity index (χ1n) is 38.0. The van der Waals surface area contributed by atoms with Crippen molar-refractivity contribution in [2.45, 2.75) is 76.7 Å². The van der Waals surface area contributed by atoms with Crippen LogP contribution in [0.2, 0.25) is 0 Å². The Morgan fingerprint density at radius 1 is 0.429 bits per heavy atom. The fourth-order valence-corrected chi connectivity index (χ4v) is 15.3. The minimum Gasteiger partial charge on any atom is -0.469 e. The van der Waals surface area contributed by atoms with Crippen molar-refractivity contribution in [1.82, 2.24) is 9.80 Å². The molecule has 11 aromatic carbocycles. The number of nitrogens with zero attached hydrogens (tertiary/aromatic N) is 4. The van der Waals surface area contributed by atoms with Gasteiger partial charge in [-0.2, -0.15) is 0 Å². The highest BCUT2D eigenvalue weighted by molar-refractivity contribution is 6.45. The Labute approximate surface area is 644 Å². The van der Waals surface area contributed by atoms with E-state index in [9.17, 15) is 0 Å². The number of para-hydroxylation sites is 4. The highest BCUT2D eigenvalue weighted by atomic mass is 16.6. The number of benzene rings is 11. The summed E-state index contributed by atoms with van der Waals surface area (Å²) in [7, 11) is 0. The first-order valence-corrected chi connectivity index (χ1v) is 38.0. The van der Waals surface area contributed by atoms with Gasteiger partial charge in [0.25, 0.3) is 23.6 Å². The van der Waals surface area contributed by atoms with E-state index in [-0.39, 0.29) is 159 Å². The van der Waals surface area contributed by atoms with E-state index in [4.69, 9.17) is 46.7 Å². The van der Waals surface area contributed by atoms with Crippen molar-refractivity contribution < 1.29 is 75.5 Å². The monoisotopic (exact) mass is 1500 g/mol. The predicted octanol–water partition coefficient (Wildman–Crippen LogP) is 17.6. The number of ether oxygens (including phenoxy) is 8. The van der Waals surface area contributed by atoms with E-state index in [1.54, 1.807) is 156 Å². The Balaban J connectivity index is 0.907. The normalized spacial score (nSPS) is 15.5. The van der Waals surface area contributed by atoms with Gasteiger partial charge in [0.2, 0.25) is 11.8 Å². The van der Waals surface area contributed by atoms with E-state index in [0.717, 1.165) is 40.5 Å².